The fourth-order valence-corrected chi connectivity index (χ4v) is 1.56. The van der Waals surface area contributed by atoms with Gasteiger partial charge in [-0.3, -0.25) is 4.79 Å². The SMILES string of the molecule is CC(F)(F)c1ccc(C(N)=O)c(Br)c1. The Hall–Kier alpha value is -0.970. The number of rotatable bonds is 2. The number of halogens is 3. The van der Waals surface area contributed by atoms with Crippen LogP contribution in [0.1, 0.15) is 22.8 Å². The van der Waals surface area contributed by atoms with Crippen molar-refractivity contribution in [2.75, 3.05) is 0 Å². The molecule has 2 nitrogen and oxygen atoms in total. The molecule has 0 aliphatic heterocycles. The van der Waals surface area contributed by atoms with Gasteiger partial charge in [0.05, 0.1) is 5.56 Å². The highest BCUT2D eigenvalue weighted by atomic mass is 79.9. The van der Waals surface area contributed by atoms with Crippen LogP contribution in [0.2, 0.25) is 0 Å². The zero-order valence-corrected chi connectivity index (χ0v) is 8.94. The Labute approximate surface area is 88.2 Å². The van der Waals surface area contributed by atoms with Crippen LogP contribution in [-0.4, -0.2) is 5.91 Å². The van der Waals surface area contributed by atoms with Crippen molar-refractivity contribution in [3.8, 4) is 0 Å². The molecule has 0 atom stereocenters. The minimum Gasteiger partial charge on any atom is -0.366 e. The number of primary amides is 1. The molecule has 0 heterocycles. The van der Waals surface area contributed by atoms with E-state index in [4.69, 9.17) is 5.73 Å². The fourth-order valence-electron chi connectivity index (χ4n) is 0.988. The van der Waals surface area contributed by atoms with Crippen LogP contribution in [0, 0.1) is 0 Å². The van der Waals surface area contributed by atoms with Gasteiger partial charge in [-0.15, -0.1) is 0 Å². The number of carbonyl (C=O) groups is 1. The van der Waals surface area contributed by atoms with Gasteiger partial charge in [0.2, 0.25) is 5.91 Å². The predicted octanol–water partition coefficient (Wildman–Crippen LogP) is 2.66. The molecule has 0 aromatic heterocycles. The normalized spacial score (nSPS) is 11.4. The summed E-state index contributed by atoms with van der Waals surface area (Å²) in [6.07, 6.45) is 0. The molecule has 1 aromatic carbocycles. The van der Waals surface area contributed by atoms with Crippen molar-refractivity contribution in [3.63, 3.8) is 0 Å². The van der Waals surface area contributed by atoms with Crippen LogP contribution in [0.3, 0.4) is 0 Å². The lowest BCUT2D eigenvalue weighted by atomic mass is 10.1. The number of benzene rings is 1. The van der Waals surface area contributed by atoms with Crippen molar-refractivity contribution in [1.82, 2.24) is 0 Å². The average molecular weight is 264 g/mol. The molecule has 1 amide bonds. The number of hydrogen-bond acceptors (Lipinski definition) is 1. The summed E-state index contributed by atoms with van der Waals surface area (Å²) in [5, 5.41) is 0. The first-order valence-corrected chi connectivity index (χ1v) is 4.59. The van der Waals surface area contributed by atoms with Crippen molar-refractivity contribution in [3.05, 3.63) is 33.8 Å². The molecule has 0 saturated heterocycles. The highest BCUT2D eigenvalue weighted by Crippen LogP contribution is 2.30. The van der Waals surface area contributed by atoms with E-state index < -0.39 is 11.8 Å². The molecule has 76 valence electrons. The topological polar surface area (TPSA) is 43.1 Å². The molecule has 0 saturated carbocycles. The lowest BCUT2D eigenvalue weighted by Gasteiger charge is -2.11. The third kappa shape index (κ3) is 2.29. The number of nitrogens with two attached hydrogens (primary N) is 1. The van der Waals surface area contributed by atoms with E-state index in [9.17, 15) is 13.6 Å². The van der Waals surface area contributed by atoms with Crippen LogP contribution in [0.4, 0.5) is 8.78 Å². The van der Waals surface area contributed by atoms with Crippen LogP contribution in [0.25, 0.3) is 0 Å². The van der Waals surface area contributed by atoms with Gasteiger partial charge in [0.15, 0.2) is 0 Å². The van der Waals surface area contributed by atoms with E-state index in [2.05, 4.69) is 15.9 Å². The minimum atomic E-state index is -2.92. The van der Waals surface area contributed by atoms with Gasteiger partial charge < -0.3 is 5.73 Å². The van der Waals surface area contributed by atoms with Crippen molar-refractivity contribution >= 4 is 21.8 Å². The number of amides is 1. The maximum Gasteiger partial charge on any atom is 0.270 e. The third-order valence-corrected chi connectivity index (χ3v) is 2.40. The van der Waals surface area contributed by atoms with Gasteiger partial charge in [-0.25, -0.2) is 8.78 Å². The molecule has 14 heavy (non-hydrogen) atoms. The molecule has 2 N–H and O–H groups in total. The monoisotopic (exact) mass is 263 g/mol. The Balaban J connectivity index is 3.20. The molecule has 0 bridgehead atoms. The van der Waals surface area contributed by atoms with Crippen molar-refractivity contribution in [1.29, 1.82) is 0 Å². The van der Waals surface area contributed by atoms with E-state index in [0.717, 1.165) is 6.92 Å². The second-order valence-corrected chi connectivity index (χ2v) is 3.80. The lowest BCUT2D eigenvalue weighted by Crippen LogP contribution is -2.13. The summed E-state index contributed by atoms with van der Waals surface area (Å²) in [6, 6.07) is 3.66. The maximum absolute atomic E-state index is 12.8. The van der Waals surface area contributed by atoms with Gasteiger partial charge in [0.1, 0.15) is 0 Å². The average Bonchev–Trinajstić information content (AvgIpc) is 2.01. The first-order chi connectivity index (χ1) is 6.32. The number of alkyl halides is 2. The summed E-state index contributed by atoms with van der Waals surface area (Å²) in [5.41, 5.74) is 5.05. The first kappa shape index (κ1) is 11.1. The van der Waals surface area contributed by atoms with Crippen molar-refractivity contribution in [2.24, 2.45) is 5.73 Å². The van der Waals surface area contributed by atoms with Gasteiger partial charge in [0.25, 0.3) is 5.92 Å². The Morgan fingerprint density at radius 1 is 1.50 bits per heavy atom. The first-order valence-electron chi connectivity index (χ1n) is 3.80. The van der Waals surface area contributed by atoms with Gasteiger partial charge >= 0.3 is 0 Å². The molecular formula is C9H8BrF2NO. The minimum absolute atomic E-state index is 0.158. The van der Waals surface area contributed by atoms with Crippen molar-refractivity contribution < 1.29 is 13.6 Å². The van der Waals surface area contributed by atoms with Crippen LogP contribution in [-0.2, 0) is 5.92 Å². The number of carbonyl (C=O) groups excluding carboxylic acids is 1. The molecular weight excluding hydrogens is 256 g/mol. The maximum atomic E-state index is 12.8. The summed E-state index contributed by atoms with van der Waals surface area (Å²) in [4.78, 5) is 10.8. The fraction of sp³-hybridized carbons (Fsp3) is 0.222. The second-order valence-electron chi connectivity index (χ2n) is 2.95. The highest BCUT2D eigenvalue weighted by molar-refractivity contribution is 9.10. The summed E-state index contributed by atoms with van der Waals surface area (Å²) in [7, 11) is 0. The van der Waals surface area contributed by atoms with E-state index in [1.807, 2.05) is 0 Å². The quantitative estimate of drug-likeness (QED) is 0.876. The Morgan fingerprint density at radius 3 is 2.43 bits per heavy atom. The molecule has 5 heteroatoms. The lowest BCUT2D eigenvalue weighted by molar-refractivity contribution is 0.0174. The summed E-state index contributed by atoms with van der Waals surface area (Å²) < 4.78 is 25.9. The molecule has 1 rings (SSSR count). The summed E-state index contributed by atoms with van der Waals surface area (Å²) in [5.74, 6) is -3.57. The third-order valence-electron chi connectivity index (χ3n) is 1.74. The predicted molar refractivity (Wildman–Crippen MR) is 52.2 cm³/mol. The van der Waals surface area contributed by atoms with Crippen LogP contribution < -0.4 is 5.73 Å². The van der Waals surface area contributed by atoms with Gasteiger partial charge in [-0.1, -0.05) is 6.07 Å². The zero-order valence-electron chi connectivity index (χ0n) is 7.35. The summed E-state index contributed by atoms with van der Waals surface area (Å²) in [6.45, 7) is 0.790. The Morgan fingerprint density at radius 2 is 2.07 bits per heavy atom. The van der Waals surface area contributed by atoms with E-state index >= 15 is 0 Å². The highest BCUT2D eigenvalue weighted by Gasteiger charge is 2.25. The second kappa shape index (κ2) is 3.65. The molecule has 0 radical (unpaired) electrons. The van der Waals surface area contributed by atoms with Crippen molar-refractivity contribution in [2.45, 2.75) is 12.8 Å². The van der Waals surface area contributed by atoms with Gasteiger partial charge in [-0.2, -0.15) is 0 Å². The largest absolute Gasteiger partial charge is 0.366 e. The van der Waals surface area contributed by atoms with Crippen LogP contribution in [0.5, 0.6) is 0 Å². The molecule has 0 unspecified atom stereocenters. The Bertz CT molecular complexity index is 374. The van der Waals surface area contributed by atoms with E-state index in [-0.39, 0.29) is 15.6 Å². The molecule has 0 aliphatic rings. The van der Waals surface area contributed by atoms with E-state index in [1.165, 1.54) is 18.2 Å². The standard InChI is InChI=1S/C9H8BrF2NO/c1-9(11,12)5-2-3-6(8(13)14)7(10)4-5/h2-4H,1H3,(H2,13,14). The molecule has 0 spiro atoms. The molecule has 1 aromatic rings. The zero-order chi connectivity index (χ0) is 10.9. The van der Waals surface area contributed by atoms with E-state index in [0.29, 0.717) is 0 Å². The van der Waals surface area contributed by atoms with Crippen LogP contribution >= 0.6 is 15.9 Å². The molecule has 0 aliphatic carbocycles. The van der Waals surface area contributed by atoms with Gasteiger partial charge in [0, 0.05) is 17.0 Å². The Kier molecular flexibility index (Phi) is 2.89. The summed E-state index contributed by atoms with van der Waals surface area (Å²) >= 11 is 3.01. The van der Waals surface area contributed by atoms with E-state index in [1.54, 1.807) is 0 Å². The van der Waals surface area contributed by atoms with Crippen LogP contribution in [0.15, 0.2) is 22.7 Å². The molecule has 0 fully saturated rings. The number of hydrogen-bond donors (Lipinski definition) is 1. The smallest absolute Gasteiger partial charge is 0.270 e. The van der Waals surface area contributed by atoms with Gasteiger partial charge in [-0.05, 0) is 28.1 Å².